The van der Waals surface area contributed by atoms with Crippen LogP contribution in [0, 0.1) is 5.82 Å². The van der Waals surface area contributed by atoms with Gasteiger partial charge < -0.3 is 5.32 Å². The molecule has 0 spiro atoms. The maximum absolute atomic E-state index is 14.3. The fourth-order valence-corrected chi connectivity index (χ4v) is 3.90. The van der Waals surface area contributed by atoms with Crippen molar-refractivity contribution in [2.45, 2.75) is 63.6 Å². The van der Waals surface area contributed by atoms with Gasteiger partial charge in [-0.1, -0.05) is 37.1 Å². The third-order valence-corrected chi connectivity index (χ3v) is 5.88. The molecule has 2 aromatic rings. The van der Waals surface area contributed by atoms with E-state index >= 15 is 0 Å². The van der Waals surface area contributed by atoms with Crippen LogP contribution in [0.3, 0.4) is 0 Å². The van der Waals surface area contributed by atoms with Gasteiger partial charge in [0.25, 0.3) is 0 Å². The average molecular weight is 524 g/mol. The number of unbranched alkanes of at least 4 members (excludes halogenated alkanes) is 3. The van der Waals surface area contributed by atoms with Crippen LogP contribution in [-0.2, 0) is 34.4 Å². The van der Waals surface area contributed by atoms with Crippen LogP contribution in [-0.4, -0.2) is 24.2 Å². The number of aryl methyl sites for hydroxylation is 2. The van der Waals surface area contributed by atoms with E-state index in [1.165, 1.54) is 24.3 Å². The molecule has 0 aliphatic carbocycles. The lowest BCUT2D eigenvalue weighted by atomic mass is 9.94. The molecule has 0 aliphatic rings. The van der Waals surface area contributed by atoms with E-state index in [0.29, 0.717) is 25.8 Å². The summed E-state index contributed by atoms with van der Waals surface area (Å²) in [6, 6.07) is 9.90. The second-order valence-electron chi connectivity index (χ2n) is 8.21. The molecule has 4 nitrogen and oxygen atoms in total. The van der Waals surface area contributed by atoms with E-state index in [0.717, 1.165) is 30.9 Å². The van der Waals surface area contributed by atoms with Gasteiger partial charge in [0.1, 0.15) is 12.4 Å². The topological polar surface area (TPSA) is 58.6 Å². The Bertz CT molecular complexity index is 938. The number of nitrogens with one attached hydrogen (secondary N) is 1. The van der Waals surface area contributed by atoms with Gasteiger partial charge in [0.2, 0.25) is 0 Å². The highest BCUT2D eigenvalue weighted by atomic mass is 31.1. The molecule has 11 heteroatoms. The zero-order chi connectivity index (χ0) is 25.9. The molecule has 0 radical (unpaired) electrons. The molecule has 2 N–H and O–H groups in total. The summed E-state index contributed by atoms with van der Waals surface area (Å²) in [5.74, 6) is -5.28. The van der Waals surface area contributed by atoms with E-state index in [4.69, 9.17) is 4.89 Å². The van der Waals surface area contributed by atoms with Crippen LogP contribution in [0.2, 0.25) is 0 Å². The van der Waals surface area contributed by atoms with Crippen molar-refractivity contribution < 1.29 is 40.3 Å². The molecule has 2 rings (SSSR count). The number of halogens is 6. The first-order valence-corrected chi connectivity index (χ1v) is 12.4. The standard InChI is InChI=1S/C24H28F6NO3P/c25-21-12-9-18(10-13-21)6-3-1-2-4-7-20-11-8-19(17-31-14-5-15-34-35(32)33)16-22(20)23(26,27)24(28,29)30/h8-13,16,31H,1-7,14-15,17H2/p+1. The summed E-state index contributed by atoms with van der Waals surface area (Å²) in [5.41, 5.74) is 0.200. The lowest BCUT2D eigenvalue weighted by Gasteiger charge is -2.23. The predicted molar refractivity (Wildman–Crippen MR) is 121 cm³/mol. The van der Waals surface area contributed by atoms with Crippen LogP contribution in [0.25, 0.3) is 0 Å². The molecule has 35 heavy (non-hydrogen) atoms. The first-order chi connectivity index (χ1) is 16.5. The molecular weight excluding hydrogens is 495 g/mol. The predicted octanol–water partition coefficient (Wildman–Crippen LogP) is 6.97. The average Bonchev–Trinajstić information content (AvgIpc) is 2.79. The van der Waals surface area contributed by atoms with Gasteiger partial charge in [-0.25, -0.2) is 4.39 Å². The molecule has 0 bridgehead atoms. The van der Waals surface area contributed by atoms with Gasteiger partial charge in [-0.15, -0.1) is 9.42 Å². The highest BCUT2D eigenvalue weighted by Gasteiger charge is 2.59. The molecule has 194 valence electrons. The lowest BCUT2D eigenvalue weighted by Crippen LogP contribution is -2.35. The van der Waals surface area contributed by atoms with Crippen LogP contribution in [0.4, 0.5) is 26.3 Å². The molecule has 0 heterocycles. The second-order valence-corrected chi connectivity index (χ2v) is 8.94. The van der Waals surface area contributed by atoms with Crippen molar-refractivity contribution in [2.75, 3.05) is 13.2 Å². The Labute approximate surface area is 201 Å². The van der Waals surface area contributed by atoms with Crippen molar-refractivity contribution >= 4 is 8.25 Å². The first kappa shape index (κ1) is 29.2. The van der Waals surface area contributed by atoms with Crippen molar-refractivity contribution in [2.24, 2.45) is 0 Å². The van der Waals surface area contributed by atoms with E-state index < -0.39 is 25.9 Å². The number of rotatable bonds is 15. The van der Waals surface area contributed by atoms with Crippen molar-refractivity contribution in [3.05, 3.63) is 70.5 Å². The zero-order valence-corrected chi connectivity index (χ0v) is 20.0. The second kappa shape index (κ2) is 13.9. The van der Waals surface area contributed by atoms with Gasteiger partial charge in [-0.3, -0.25) is 0 Å². The fraction of sp³-hybridized carbons (Fsp3) is 0.500. The number of hydrogen-bond donors (Lipinski definition) is 2. The molecule has 1 unspecified atom stereocenters. The molecule has 0 fully saturated rings. The summed E-state index contributed by atoms with van der Waals surface area (Å²) in [4.78, 5) is 8.54. The minimum atomic E-state index is -5.71. The van der Waals surface area contributed by atoms with Gasteiger partial charge in [-0.2, -0.15) is 22.0 Å². The summed E-state index contributed by atoms with van der Waals surface area (Å²) < 4.78 is 95.7. The third kappa shape index (κ3) is 9.88. The van der Waals surface area contributed by atoms with Gasteiger partial charge >= 0.3 is 20.4 Å². The summed E-state index contributed by atoms with van der Waals surface area (Å²) in [6.45, 7) is 0.405. The molecular formula is C24H29F6NO3P+. The molecule has 1 atom stereocenters. The van der Waals surface area contributed by atoms with E-state index in [2.05, 4.69) is 9.84 Å². The zero-order valence-electron chi connectivity index (χ0n) is 19.1. The van der Waals surface area contributed by atoms with E-state index in [1.54, 1.807) is 12.1 Å². The van der Waals surface area contributed by atoms with Crippen LogP contribution in [0.5, 0.6) is 0 Å². The Morgan fingerprint density at radius 2 is 1.49 bits per heavy atom. The molecule has 2 aromatic carbocycles. The van der Waals surface area contributed by atoms with Crippen LogP contribution < -0.4 is 5.32 Å². The van der Waals surface area contributed by atoms with Crippen molar-refractivity contribution in [3.8, 4) is 0 Å². The Kier molecular flexibility index (Phi) is 11.6. The molecule has 0 aliphatic heterocycles. The van der Waals surface area contributed by atoms with Gasteiger partial charge in [0.05, 0.1) is 0 Å². The summed E-state index contributed by atoms with van der Waals surface area (Å²) >= 11 is 0. The van der Waals surface area contributed by atoms with Crippen LogP contribution in [0.1, 0.15) is 54.4 Å². The Morgan fingerprint density at radius 3 is 2.11 bits per heavy atom. The Balaban J connectivity index is 1.91. The number of alkyl halides is 5. The highest BCUT2D eigenvalue weighted by Crippen LogP contribution is 2.45. The smallest absolute Gasteiger partial charge is 0.313 e. The summed E-state index contributed by atoms with van der Waals surface area (Å²) in [7, 11) is -2.70. The quantitative estimate of drug-likeness (QED) is 0.150. The van der Waals surface area contributed by atoms with Gasteiger partial charge in [-0.05, 0) is 73.5 Å². The number of hydrogen-bond acceptors (Lipinski definition) is 3. The maximum Gasteiger partial charge on any atom is 0.694 e. The first-order valence-electron chi connectivity index (χ1n) is 11.3. The van der Waals surface area contributed by atoms with E-state index in [9.17, 15) is 30.9 Å². The maximum atomic E-state index is 14.3. The highest BCUT2D eigenvalue weighted by molar-refractivity contribution is 7.32. The van der Waals surface area contributed by atoms with Crippen LogP contribution in [0.15, 0.2) is 42.5 Å². The third-order valence-electron chi connectivity index (χ3n) is 5.47. The number of benzene rings is 2. The minimum absolute atomic E-state index is 0.0128. The van der Waals surface area contributed by atoms with Crippen LogP contribution >= 0.6 is 8.25 Å². The van der Waals surface area contributed by atoms with Gasteiger partial charge in [0, 0.05) is 16.7 Å². The van der Waals surface area contributed by atoms with Crippen molar-refractivity contribution in [1.29, 1.82) is 0 Å². The molecule has 0 aromatic heterocycles. The Hall–Kier alpha value is -2.00. The normalized spacial score (nSPS) is 12.7. The SMILES string of the molecule is O=[P+](O)OCCCNCc1ccc(CCCCCCc2ccc(F)cc2)c(C(F)(F)C(F)(F)F)c1. The minimum Gasteiger partial charge on any atom is -0.313 e. The fourth-order valence-electron chi connectivity index (χ4n) is 3.62. The molecule has 0 saturated carbocycles. The van der Waals surface area contributed by atoms with Gasteiger partial charge in [0.15, 0.2) is 0 Å². The van der Waals surface area contributed by atoms with Crippen molar-refractivity contribution in [3.63, 3.8) is 0 Å². The van der Waals surface area contributed by atoms with Crippen molar-refractivity contribution in [1.82, 2.24) is 5.32 Å². The summed E-state index contributed by atoms with van der Waals surface area (Å²) in [6.07, 6.45) is -1.78. The Morgan fingerprint density at radius 1 is 0.857 bits per heavy atom. The molecule has 0 saturated heterocycles. The monoisotopic (exact) mass is 524 g/mol. The molecule has 0 amide bonds. The van der Waals surface area contributed by atoms with E-state index in [1.807, 2.05) is 0 Å². The lowest BCUT2D eigenvalue weighted by molar-refractivity contribution is -0.289. The largest absolute Gasteiger partial charge is 0.694 e. The summed E-state index contributed by atoms with van der Waals surface area (Å²) in [5, 5.41) is 2.89. The van der Waals surface area contributed by atoms with E-state index in [-0.39, 0.29) is 36.5 Å².